The molecule has 0 bridgehead atoms. The molecular weight excluding hydrogens is 286 g/mol. The molecule has 0 atom stereocenters. The Morgan fingerprint density at radius 1 is 1.14 bits per heavy atom. The van der Waals surface area contributed by atoms with Gasteiger partial charge in [-0.25, -0.2) is 4.98 Å². The number of nitrogens with zero attached hydrogens (tertiary/aromatic N) is 1. The second-order valence-corrected chi connectivity index (χ2v) is 5.15. The van der Waals surface area contributed by atoms with E-state index in [1.54, 1.807) is 6.20 Å². The highest BCUT2D eigenvalue weighted by atomic mass is 35.5. The molecule has 4 nitrogen and oxygen atoms in total. The summed E-state index contributed by atoms with van der Waals surface area (Å²) in [7, 11) is 0. The molecular formula is C16H18ClN3O. The normalized spacial score (nSPS) is 10.2. The van der Waals surface area contributed by atoms with Crippen molar-refractivity contribution in [1.82, 2.24) is 4.98 Å². The van der Waals surface area contributed by atoms with Crippen molar-refractivity contribution in [2.24, 2.45) is 0 Å². The van der Waals surface area contributed by atoms with Gasteiger partial charge in [-0.05, 0) is 42.8 Å². The number of carbonyl (C=O) groups excluding carboxylic acids is 1. The molecule has 2 aromatic rings. The number of halogens is 1. The number of anilines is 3. The maximum absolute atomic E-state index is 11.6. The van der Waals surface area contributed by atoms with Crippen molar-refractivity contribution in [3.63, 3.8) is 0 Å². The molecule has 0 radical (unpaired) electrons. The summed E-state index contributed by atoms with van der Waals surface area (Å²) in [6.45, 7) is 2.06. The molecule has 0 aliphatic heterocycles. The van der Waals surface area contributed by atoms with Crippen LogP contribution in [0.25, 0.3) is 0 Å². The molecule has 0 unspecified atom stereocenters. The van der Waals surface area contributed by atoms with Crippen molar-refractivity contribution >= 4 is 34.7 Å². The molecule has 0 saturated carbocycles. The lowest BCUT2D eigenvalue weighted by atomic mass is 10.2. The molecule has 0 saturated heterocycles. The molecule has 0 spiro atoms. The average Bonchev–Trinajstić information content (AvgIpc) is 2.49. The number of pyridine rings is 1. The summed E-state index contributed by atoms with van der Waals surface area (Å²) in [6.07, 6.45) is 4.09. The monoisotopic (exact) mass is 303 g/mol. The van der Waals surface area contributed by atoms with Gasteiger partial charge in [-0.1, -0.05) is 24.9 Å². The van der Waals surface area contributed by atoms with Gasteiger partial charge in [0.05, 0.1) is 11.9 Å². The van der Waals surface area contributed by atoms with Gasteiger partial charge in [-0.3, -0.25) is 4.79 Å². The Labute approximate surface area is 129 Å². The zero-order valence-electron chi connectivity index (χ0n) is 11.9. The Hall–Kier alpha value is -2.07. The van der Waals surface area contributed by atoms with Crippen LogP contribution in [0.4, 0.5) is 17.2 Å². The van der Waals surface area contributed by atoms with E-state index in [4.69, 9.17) is 11.6 Å². The standard InChI is InChI=1S/C16H18ClN3O/c1-2-3-4-16(21)20-14-9-10-15(18-11-14)19-13-7-5-12(17)6-8-13/h5-11H,2-4H2,1H3,(H,18,19)(H,20,21). The van der Waals surface area contributed by atoms with Gasteiger partial charge in [0.25, 0.3) is 0 Å². The molecule has 5 heteroatoms. The van der Waals surface area contributed by atoms with Crippen LogP contribution in [0.15, 0.2) is 42.6 Å². The number of hydrogen-bond donors (Lipinski definition) is 2. The minimum atomic E-state index is 0.0251. The van der Waals surface area contributed by atoms with Gasteiger partial charge in [-0.2, -0.15) is 0 Å². The smallest absolute Gasteiger partial charge is 0.224 e. The first kappa shape index (κ1) is 15.3. The predicted molar refractivity (Wildman–Crippen MR) is 87.1 cm³/mol. The average molecular weight is 304 g/mol. The van der Waals surface area contributed by atoms with Gasteiger partial charge < -0.3 is 10.6 Å². The number of aromatic nitrogens is 1. The van der Waals surface area contributed by atoms with Crippen LogP contribution in [-0.2, 0) is 4.79 Å². The van der Waals surface area contributed by atoms with Crippen LogP contribution in [0.1, 0.15) is 26.2 Å². The quantitative estimate of drug-likeness (QED) is 0.819. The number of benzene rings is 1. The SMILES string of the molecule is CCCCC(=O)Nc1ccc(Nc2ccc(Cl)cc2)nc1. The Morgan fingerprint density at radius 3 is 2.48 bits per heavy atom. The maximum Gasteiger partial charge on any atom is 0.224 e. The van der Waals surface area contributed by atoms with Gasteiger partial charge in [0.15, 0.2) is 0 Å². The van der Waals surface area contributed by atoms with E-state index in [2.05, 4.69) is 22.5 Å². The Bertz CT molecular complexity index is 581. The van der Waals surface area contributed by atoms with Crippen molar-refractivity contribution in [3.8, 4) is 0 Å². The molecule has 2 N–H and O–H groups in total. The number of nitrogens with one attached hydrogen (secondary N) is 2. The third kappa shape index (κ3) is 5.08. The second-order valence-electron chi connectivity index (χ2n) is 4.72. The largest absolute Gasteiger partial charge is 0.340 e. The van der Waals surface area contributed by atoms with Crippen LogP contribution < -0.4 is 10.6 Å². The predicted octanol–water partition coefficient (Wildman–Crippen LogP) is 4.61. The zero-order valence-corrected chi connectivity index (χ0v) is 12.7. The summed E-state index contributed by atoms with van der Waals surface area (Å²) in [4.78, 5) is 15.9. The van der Waals surface area contributed by atoms with Crippen LogP contribution >= 0.6 is 11.6 Å². The molecule has 0 aliphatic rings. The summed E-state index contributed by atoms with van der Waals surface area (Å²) in [5.74, 6) is 0.737. The van der Waals surface area contributed by atoms with Crippen LogP contribution in [-0.4, -0.2) is 10.9 Å². The summed E-state index contributed by atoms with van der Waals surface area (Å²) in [5, 5.41) is 6.69. The van der Waals surface area contributed by atoms with Crippen LogP contribution in [0, 0.1) is 0 Å². The highest BCUT2D eigenvalue weighted by Gasteiger charge is 2.02. The van der Waals surface area contributed by atoms with Crippen molar-refractivity contribution in [2.75, 3.05) is 10.6 Å². The molecule has 110 valence electrons. The highest BCUT2D eigenvalue weighted by Crippen LogP contribution is 2.18. The van der Waals surface area contributed by atoms with Crippen LogP contribution in [0.2, 0.25) is 5.02 Å². The Balaban J connectivity index is 1.92. The first-order valence-electron chi connectivity index (χ1n) is 6.96. The van der Waals surface area contributed by atoms with E-state index in [1.807, 2.05) is 36.4 Å². The third-order valence-corrected chi connectivity index (χ3v) is 3.17. The minimum absolute atomic E-state index is 0.0251. The first-order valence-corrected chi connectivity index (χ1v) is 7.33. The summed E-state index contributed by atoms with van der Waals surface area (Å²) in [5.41, 5.74) is 1.62. The number of unbranched alkanes of at least 4 members (excludes halogenated alkanes) is 1. The second kappa shape index (κ2) is 7.64. The van der Waals surface area contributed by atoms with Crippen molar-refractivity contribution in [3.05, 3.63) is 47.6 Å². The molecule has 1 aromatic heterocycles. The van der Waals surface area contributed by atoms with Gasteiger partial charge in [0.2, 0.25) is 5.91 Å². The van der Waals surface area contributed by atoms with E-state index in [0.717, 1.165) is 18.5 Å². The van der Waals surface area contributed by atoms with Gasteiger partial charge >= 0.3 is 0 Å². The van der Waals surface area contributed by atoms with E-state index in [1.165, 1.54) is 0 Å². The van der Waals surface area contributed by atoms with E-state index in [9.17, 15) is 4.79 Å². The summed E-state index contributed by atoms with van der Waals surface area (Å²) >= 11 is 5.84. The van der Waals surface area contributed by atoms with E-state index >= 15 is 0 Å². The fourth-order valence-electron chi connectivity index (χ4n) is 1.78. The minimum Gasteiger partial charge on any atom is -0.340 e. The maximum atomic E-state index is 11.6. The van der Waals surface area contributed by atoms with E-state index < -0.39 is 0 Å². The molecule has 21 heavy (non-hydrogen) atoms. The molecule has 1 heterocycles. The van der Waals surface area contributed by atoms with E-state index in [-0.39, 0.29) is 5.91 Å². The summed E-state index contributed by atoms with van der Waals surface area (Å²) in [6, 6.07) is 11.0. The number of rotatable bonds is 6. The lowest BCUT2D eigenvalue weighted by molar-refractivity contribution is -0.116. The lowest BCUT2D eigenvalue weighted by Gasteiger charge is -2.08. The zero-order chi connectivity index (χ0) is 15.1. The Kier molecular flexibility index (Phi) is 5.58. The molecule has 2 rings (SSSR count). The van der Waals surface area contributed by atoms with Gasteiger partial charge in [0.1, 0.15) is 5.82 Å². The van der Waals surface area contributed by atoms with Crippen molar-refractivity contribution < 1.29 is 4.79 Å². The number of hydrogen-bond acceptors (Lipinski definition) is 3. The molecule has 0 fully saturated rings. The van der Waals surface area contributed by atoms with Gasteiger partial charge in [-0.15, -0.1) is 0 Å². The Morgan fingerprint density at radius 2 is 1.86 bits per heavy atom. The van der Waals surface area contributed by atoms with E-state index in [0.29, 0.717) is 22.9 Å². The number of amides is 1. The number of carbonyl (C=O) groups is 1. The molecule has 1 aromatic carbocycles. The molecule has 0 aliphatic carbocycles. The summed E-state index contributed by atoms with van der Waals surface area (Å²) < 4.78 is 0. The molecule has 1 amide bonds. The fraction of sp³-hybridized carbons (Fsp3) is 0.250. The van der Waals surface area contributed by atoms with Crippen molar-refractivity contribution in [2.45, 2.75) is 26.2 Å². The fourth-order valence-corrected chi connectivity index (χ4v) is 1.91. The van der Waals surface area contributed by atoms with Crippen LogP contribution in [0.5, 0.6) is 0 Å². The lowest BCUT2D eigenvalue weighted by Crippen LogP contribution is -2.11. The first-order chi connectivity index (χ1) is 10.2. The van der Waals surface area contributed by atoms with Crippen molar-refractivity contribution in [1.29, 1.82) is 0 Å². The highest BCUT2D eigenvalue weighted by molar-refractivity contribution is 6.30. The topological polar surface area (TPSA) is 54.0 Å². The van der Waals surface area contributed by atoms with Gasteiger partial charge in [0, 0.05) is 17.1 Å². The third-order valence-electron chi connectivity index (χ3n) is 2.92. The van der Waals surface area contributed by atoms with Crippen LogP contribution in [0.3, 0.4) is 0 Å².